The zero-order valence-corrected chi connectivity index (χ0v) is 19.2. The minimum absolute atomic E-state index is 0.000489. The lowest BCUT2D eigenvalue weighted by Crippen LogP contribution is -2.53. The molecule has 1 heterocycles. The summed E-state index contributed by atoms with van der Waals surface area (Å²) in [6, 6.07) is 0. The number of carbonyl (C=O) groups excluding carboxylic acids is 2. The highest BCUT2D eigenvalue weighted by atomic mass is 16.6. The van der Waals surface area contributed by atoms with Crippen LogP contribution >= 0.6 is 0 Å². The molecule has 8 atom stereocenters. The Kier molecular flexibility index (Phi) is 4.69. The fourth-order valence-corrected chi connectivity index (χ4v) is 8.92. The SMILES string of the molecule is CC(=O)O[C@H]1CC[C@@]2(C)C(=CC[C@@H]3[C@H]4CC[C@@H]([C@@]5(C)CCC(=O)O5)[C@]4(C)CC[C@H]32)C1. The molecule has 0 amide bonds. The topological polar surface area (TPSA) is 52.6 Å². The van der Waals surface area contributed by atoms with Crippen molar-refractivity contribution in [2.75, 3.05) is 0 Å². The Morgan fingerprint density at radius 1 is 1.07 bits per heavy atom. The van der Waals surface area contributed by atoms with Crippen molar-refractivity contribution in [2.24, 2.45) is 34.5 Å². The predicted octanol–water partition coefficient (Wildman–Crippen LogP) is 5.59. The van der Waals surface area contributed by atoms with Crippen LogP contribution in [0.4, 0.5) is 0 Å². The molecule has 30 heavy (non-hydrogen) atoms. The zero-order valence-electron chi connectivity index (χ0n) is 19.2. The van der Waals surface area contributed by atoms with Gasteiger partial charge >= 0.3 is 11.9 Å². The summed E-state index contributed by atoms with van der Waals surface area (Å²) < 4.78 is 11.5. The fraction of sp³-hybridized carbons (Fsp3) is 0.846. The number of hydrogen-bond acceptors (Lipinski definition) is 4. The second-order valence-electron chi connectivity index (χ2n) is 11.7. The van der Waals surface area contributed by atoms with Gasteiger partial charge in [-0.15, -0.1) is 0 Å². The van der Waals surface area contributed by atoms with Gasteiger partial charge in [0.15, 0.2) is 0 Å². The first-order valence-corrected chi connectivity index (χ1v) is 12.2. The van der Waals surface area contributed by atoms with E-state index < -0.39 is 0 Å². The average Bonchev–Trinajstić information content (AvgIpc) is 3.21. The summed E-state index contributed by atoms with van der Waals surface area (Å²) in [5.74, 6) is 2.57. The molecule has 166 valence electrons. The summed E-state index contributed by atoms with van der Waals surface area (Å²) in [6.07, 6.45) is 13.3. The van der Waals surface area contributed by atoms with E-state index in [-0.39, 0.29) is 34.5 Å². The van der Waals surface area contributed by atoms with Crippen LogP contribution in [0.25, 0.3) is 0 Å². The quantitative estimate of drug-likeness (QED) is 0.436. The molecule has 0 aromatic rings. The molecule has 0 aromatic heterocycles. The second kappa shape index (κ2) is 6.84. The minimum Gasteiger partial charge on any atom is -0.462 e. The molecule has 1 saturated heterocycles. The van der Waals surface area contributed by atoms with Crippen LogP contribution in [0.15, 0.2) is 11.6 Å². The summed E-state index contributed by atoms with van der Waals surface area (Å²) in [4.78, 5) is 23.4. The number of cyclic esters (lactones) is 1. The van der Waals surface area contributed by atoms with E-state index >= 15 is 0 Å². The molecular formula is C26H38O4. The number of rotatable bonds is 2. The van der Waals surface area contributed by atoms with Crippen LogP contribution in [-0.4, -0.2) is 23.6 Å². The average molecular weight is 415 g/mol. The van der Waals surface area contributed by atoms with Crippen molar-refractivity contribution in [2.45, 2.75) is 104 Å². The Balaban J connectivity index is 1.39. The van der Waals surface area contributed by atoms with Gasteiger partial charge in [0.1, 0.15) is 11.7 Å². The molecular weight excluding hydrogens is 376 g/mol. The Labute approximate surface area is 181 Å². The van der Waals surface area contributed by atoms with Crippen LogP contribution in [0.1, 0.15) is 91.9 Å². The Hall–Kier alpha value is -1.32. The maximum absolute atomic E-state index is 11.9. The predicted molar refractivity (Wildman–Crippen MR) is 114 cm³/mol. The number of hydrogen-bond donors (Lipinski definition) is 0. The molecule has 0 N–H and O–H groups in total. The maximum atomic E-state index is 11.9. The number of fused-ring (bicyclic) bond motifs is 5. The van der Waals surface area contributed by atoms with Gasteiger partial charge in [0, 0.05) is 25.7 Å². The van der Waals surface area contributed by atoms with Gasteiger partial charge in [0.05, 0.1) is 0 Å². The van der Waals surface area contributed by atoms with E-state index in [1.54, 1.807) is 5.57 Å². The number of allylic oxidation sites excluding steroid dienone is 1. The van der Waals surface area contributed by atoms with Crippen molar-refractivity contribution >= 4 is 11.9 Å². The molecule has 0 radical (unpaired) electrons. The first-order chi connectivity index (χ1) is 14.2. The minimum atomic E-state index is -0.255. The van der Waals surface area contributed by atoms with Crippen LogP contribution in [0.2, 0.25) is 0 Å². The van der Waals surface area contributed by atoms with Gasteiger partial charge in [-0.05, 0) is 86.9 Å². The summed E-state index contributed by atoms with van der Waals surface area (Å²) in [5.41, 5.74) is 1.85. The van der Waals surface area contributed by atoms with Gasteiger partial charge in [-0.25, -0.2) is 0 Å². The zero-order chi connectivity index (χ0) is 21.3. The van der Waals surface area contributed by atoms with Crippen LogP contribution in [-0.2, 0) is 19.1 Å². The van der Waals surface area contributed by atoms with Gasteiger partial charge in [-0.2, -0.15) is 0 Å². The molecule has 0 bridgehead atoms. The van der Waals surface area contributed by atoms with E-state index in [0.29, 0.717) is 12.3 Å². The highest BCUT2D eigenvalue weighted by Crippen LogP contribution is 2.68. The molecule has 0 spiro atoms. The third kappa shape index (κ3) is 2.92. The molecule has 4 aliphatic carbocycles. The van der Waals surface area contributed by atoms with Crippen molar-refractivity contribution in [3.05, 3.63) is 11.6 Å². The monoisotopic (exact) mass is 414 g/mol. The third-order valence-corrected chi connectivity index (χ3v) is 10.3. The van der Waals surface area contributed by atoms with E-state index in [1.165, 1.54) is 39.0 Å². The maximum Gasteiger partial charge on any atom is 0.306 e. The normalized spacial score (nSPS) is 50.1. The molecule has 0 aromatic carbocycles. The summed E-state index contributed by atoms with van der Waals surface area (Å²) in [6.45, 7) is 8.75. The first kappa shape index (κ1) is 20.6. The number of esters is 2. The molecule has 0 unspecified atom stereocenters. The summed E-state index contributed by atoms with van der Waals surface area (Å²) >= 11 is 0. The van der Waals surface area contributed by atoms with Crippen molar-refractivity contribution in [3.63, 3.8) is 0 Å². The molecule has 4 fully saturated rings. The van der Waals surface area contributed by atoms with Crippen molar-refractivity contribution in [1.82, 2.24) is 0 Å². The number of carbonyl (C=O) groups is 2. The highest BCUT2D eigenvalue weighted by molar-refractivity contribution is 5.72. The van der Waals surface area contributed by atoms with Crippen LogP contribution < -0.4 is 0 Å². The number of ether oxygens (including phenoxy) is 2. The molecule has 4 nitrogen and oxygen atoms in total. The lowest BCUT2D eigenvalue weighted by Gasteiger charge is -2.59. The summed E-state index contributed by atoms with van der Waals surface area (Å²) in [5, 5.41) is 0. The smallest absolute Gasteiger partial charge is 0.306 e. The van der Waals surface area contributed by atoms with Crippen molar-refractivity contribution < 1.29 is 19.1 Å². The Morgan fingerprint density at radius 3 is 2.57 bits per heavy atom. The van der Waals surface area contributed by atoms with E-state index in [0.717, 1.165) is 43.4 Å². The molecule has 4 heteroatoms. The lowest BCUT2D eigenvalue weighted by molar-refractivity contribution is -0.159. The highest BCUT2D eigenvalue weighted by Gasteiger charge is 2.63. The Bertz CT molecular complexity index is 786. The van der Waals surface area contributed by atoms with Gasteiger partial charge in [-0.3, -0.25) is 9.59 Å². The van der Waals surface area contributed by atoms with Crippen molar-refractivity contribution in [3.8, 4) is 0 Å². The standard InChI is InChI=1S/C26H38O4/c1-16(27)29-18-9-12-24(2)17(15-18)5-6-19-20-7-8-22(25(20,3)13-10-21(19)24)26(4)14-11-23(28)30-26/h5,18-22H,6-15H2,1-4H3/t18-,19+,20+,21+,22+,24-,25+,26+/m0/s1. The molecule has 5 rings (SSSR count). The summed E-state index contributed by atoms with van der Waals surface area (Å²) in [7, 11) is 0. The second-order valence-corrected chi connectivity index (χ2v) is 11.7. The molecule has 3 saturated carbocycles. The first-order valence-electron chi connectivity index (χ1n) is 12.2. The molecule has 5 aliphatic rings. The van der Waals surface area contributed by atoms with E-state index in [2.05, 4.69) is 26.8 Å². The Morgan fingerprint density at radius 2 is 1.87 bits per heavy atom. The lowest BCUT2D eigenvalue weighted by atomic mass is 9.46. The van der Waals surface area contributed by atoms with Gasteiger partial charge in [-0.1, -0.05) is 25.5 Å². The van der Waals surface area contributed by atoms with E-state index in [9.17, 15) is 9.59 Å². The third-order valence-electron chi connectivity index (χ3n) is 10.3. The van der Waals surface area contributed by atoms with Crippen LogP contribution in [0, 0.1) is 34.5 Å². The van der Waals surface area contributed by atoms with Gasteiger partial charge < -0.3 is 9.47 Å². The van der Waals surface area contributed by atoms with Gasteiger partial charge in [0.25, 0.3) is 0 Å². The largest absolute Gasteiger partial charge is 0.462 e. The van der Waals surface area contributed by atoms with Crippen molar-refractivity contribution in [1.29, 1.82) is 0 Å². The van der Waals surface area contributed by atoms with E-state index in [1.807, 2.05) is 0 Å². The van der Waals surface area contributed by atoms with Gasteiger partial charge in [0.2, 0.25) is 0 Å². The fourth-order valence-electron chi connectivity index (χ4n) is 8.92. The van der Waals surface area contributed by atoms with Crippen LogP contribution in [0.3, 0.4) is 0 Å². The van der Waals surface area contributed by atoms with Crippen LogP contribution in [0.5, 0.6) is 0 Å². The van der Waals surface area contributed by atoms with E-state index in [4.69, 9.17) is 9.47 Å². The molecule has 1 aliphatic heterocycles.